The van der Waals surface area contributed by atoms with Gasteiger partial charge in [0.05, 0.1) is 17.0 Å². The Morgan fingerprint density at radius 3 is 2.44 bits per heavy atom. The average Bonchev–Trinajstić information content (AvgIpc) is 3.56. The standard InChI is InChI=1S/C24H28N6OS/c31-24(29-16-14-28(15-17-29)19-8-4-5-9-19)21-12-6-7-13-22(21)32-18-23-25-26-27-30(23)20-10-2-1-3-11-20/h1-3,6-7,10-13,19H,4-5,8-9,14-18H2. The molecule has 8 heteroatoms. The number of para-hydroxylation sites is 1. The van der Waals surface area contributed by atoms with E-state index in [0.29, 0.717) is 5.75 Å². The summed E-state index contributed by atoms with van der Waals surface area (Å²) >= 11 is 1.61. The number of hydrogen-bond donors (Lipinski definition) is 0. The van der Waals surface area contributed by atoms with Crippen LogP contribution in [-0.4, -0.2) is 68.1 Å². The Bertz CT molecular complexity index is 1040. The molecule has 5 rings (SSSR count). The highest BCUT2D eigenvalue weighted by molar-refractivity contribution is 7.98. The topological polar surface area (TPSA) is 67.2 Å². The van der Waals surface area contributed by atoms with Crippen LogP contribution in [0.2, 0.25) is 0 Å². The number of hydrogen-bond acceptors (Lipinski definition) is 6. The summed E-state index contributed by atoms with van der Waals surface area (Å²) in [6, 6.07) is 18.5. The highest BCUT2D eigenvalue weighted by Gasteiger charge is 2.29. The first-order valence-corrected chi connectivity index (χ1v) is 12.4. The van der Waals surface area contributed by atoms with Crippen LogP contribution in [0.25, 0.3) is 5.69 Å². The molecule has 1 amide bonds. The summed E-state index contributed by atoms with van der Waals surface area (Å²) in [6.45, 7) is 3.58. The van der Waals surface area contributed by atoms with Gasteiger partial charge in [-0.1, -0.05) is 43.2 Å². The SMILES string of the molecule is O=C(c1ccccc1SCc1nnnn1-c1ccccc1)N1CCN(C2CCCC2)CC1. The molecule has 2 heterocycles. The molecule has 166 valence electrons. The van der Waals surface area contributed by atoms with Crippen molar-refractivity contribution in [1.29, 1.82) is 0 Å². The fourth-order valence-electron chi connectivity index (χ4n) is 4.71. The highest BCUT2D eigenvalue weighted by atomic mass is 32.2. The molecule has 32 heavy (non-hydrogen) atoms. The third kappa shape index (κ3) is 4.56. The number of aromatic nitrogens is 4. The Kier molecular flexibility index (Phi) is 6.50. The van der Waals surface area contributed by atoms with Gasteiger partial charge in [0.25, 0.3) is 5.91 Å². The van der Waals surface area contributed by atoms with Crippen LogP contribution in [-0.2, 0) is 5.75 Å². The number of nitrogens with zero attached hydrogens (tertiary/aromatic N) is 6. The van der Waals surface area contributed by atoms with Gasteiger partial charge in [-0.15, -0.1) is 16.9 Å². The van der Waals surface area contributed by atoms with Crippen molar-refractivity contribution < 1.29 is 4.79 Å². The van der Waals surface area contributed by atoms with Crippen molar-refractivity contribution in [2.24, 2.45) is 0 Å². The summed E-state index contributed by atoms with van der Waals surface area (Å²) in [5, 5.41) is 12.2. The zero-order valence-electron chi connectivity index (χ0n) is 18.1. The maximum atomic E-state index is 13.3. The molecule has 7 nitrogen and oxygen atoms in total. The smallest absolute Gasteiger partial charge is 0.255 e. The van der Waals surface area contributed by atoms with Crippen molar-refractivity contribution in [3.05, 3.63) is 66.0 Å². The molecule has 0 radical (unpaired) electrons. The predicted octanol–water partition coefficient (Wildman–Crippen LogP) is 3.66. The lowest BCUT2D eigenvalue weighted by Crippen LogP contribution is -2.51. The van der Waals surface area contributed by atoms with Crippen molar-refractivity contribution in [2.75, 3.05) is 26.2 Å². The maximum Gasteiger partial charge on any atom is 0.255 e. The Labute approximate surface area is 192 Å². The van der Waals surface area contributed by atoms with Crippen LogP contribution >= 0.6 is 11.8 Å². The first kappa shape index (κ1) is 21.2. The summed E-state index contributed by atoms with van der Waals surface area (Å²) in [5.41, 5.74) is 1.70. The van der Waals surface area contributed by atoms with Crippen molar-refractivity contribution in [1.82, 2.24) is 30.0 Å². The van der Waals surface area contributed by atoms with Gasteiger partial charge in [0.15, 0.2) is 5.82 Å². The molecule has 2 fully saturated rings. The van der Waals surface area contributed by atoms with Crippen LogP contribution in [0, 0.1) is 0 Å². The molecule has 0 bridgehead atoms. The molecule has 0 spiro atoms. The largest absolute Gasteiger partial charge is 0.336 e. The molecule has 1 aliphatic carbocycles. The van der Waals surface area contributed by atoms with E-state index in [1.807, 2.05) is 59.5 Å². The second kappa shape index (κ2) is 9.83. The molecule has 2 aliphatic rings. The number of tetrazole rings is 1. The Morgan fingerprint density at radius 2 is 1.66 bits per heavy atom. The number of carbonyl (C=O) groups excluding carboxylic acids is 1. The second-order valence-corrected chi connectivity index (χ2v) is 9.41. The van der Waals surface area contributed by atoms with Gasteiger partial charge < -0.3 is 4.90 Å². The fourth-order valence-corrected chi connectivity index (χ4v) is 5.66. The summed E-state index contributed by atoms with van der Waals surface area (Å²) < 4.78 is 1.75. The first-order chi connectivity index (χ1) is 15.8. The lowest BCUT2D eigenvalue weighted by atomic mass is 10.1. The van der Waals surface area contributed by atoms with E-state index < -0.39 is 0 Å². The number of piperazine rings is 1. The zero-order valence-corrected chi connectivity index (χ0v) is 19.0. The van der Waals surface area contributed by atoms with E-state index in [1.54, 1.807) is 16.4 Å². The van der Waals surface area contributed by atoms with E-state index in [1.165, 1.54) is 25.7 Å². The normalized spacial score (nSPS) is 17.7. The minimum atomic E-state index is 0.127. The molecule has 0 unspecified atom stereocenters. The maximum absolute atomic E-state index is 13.3. The Morgan fingerprint density at radius 1 is 0.938 bits per heavy atom. The van der Waals surface area contributed by atoms with E-state index in [-0.39, 0.29) is 5.91 Å². The fraction of sp³-hybridized carbons (Fsp3) is 0.417. The number of rotatable bonds is 6. The molecule has 2 aromatic carbocycles. The van der Waals surface area contributed by atoms with E-state index in [0.717, 1.165) is 54.2 Å². The number of thioether (sulfide) groups is 1. The van der Waals surface area contributed by atoms with Crippen molar-refractivity contribution in [2.45, 2.75) is 42.4 Å². The second-order valence-electron chi connectivity index (χ2n) is 8.39. The van der Waals surface area contributed by atoms with Crippen LogP contribution in [0.1, 0.15) is 41.9 Å². The minimum Gasteiger partial charge on any atom is -0.336 e. The molecule has 1 aromatic heterocycles. The lowest BCUT2D eigenvalue weighted by molar-refractivity contribution is 0.0570. The third-order valence-electron chi connectivity index (χ3n) is 6.45. The number of benzene rings is 2. The van der Waals surface area contributed by atoms with Crippen LogP contribution < -0.4 is 0 Å². The highest BCUT2D eigenvalue weighted by Crippen LogP contribution is 2.28. The number of carbonyl (C=O) groups is 1. The predicted molar refractivity (Wildman–Crippen MR) is 125 cm³/mol. The molecule has 0 N–H and O–H groups in total. The van der Waals surface area contributed by atoms with Gasteiger partial charge in [-0.05, 0) is 47.5 Å². The van der Waals surface area contributed by atoms with Crippen molar-refractivity contribution in [3.63, 3.8) is 0 Å². The van der Waals surface area contributed by atoms with E-state index >= 15 is 0 Å². The molecule has 3 aromatic rings. The van der Waals surface area contributed by atoms with Gasteiger partial charge in [0.1, 0.15) is 0 Å². The van der Waals surface area contributed by atoms with Crippen molar-refractivity contribution >= 4 is 17.7 Å². The summed E-state index contributed by atoms with van der Waals surface area (Å²) in [6.07, 6.45) is 5.33. The van der Waals surface area contributed by atoms with Crippen molar-refractivity contribution in [3.8, 4) is 5.69 Å². The van der Waals surface area contributed by atoms with Crippen LogP contribution in [0.5, 0.6) is 0 Å². The molecule has 1 aliphatic heterocycles. The first-order valence-electron chi connectivity index (χ1n) is 11.4. The summed E-state index contributed by atoms with van der Waals surface area (Å²) in [7, 11) is 0. The van der Waals surface area contributed by atoms with Gasteiger partial charge in [-0.3, -0.25) is 9.69 Å². The number of amides is 1. The van der Waals surface area contributed by atoms with Gasteiger partial charge >= 0.3 is 0 Å². The van der Waals surface area contributed by atoms with Gasteiger partial charge in [-0.2, -0.15) is 4.68 Å². The summed E-state index contributed by atoms with van der Waals surface area (Å²) in [5.74, 6) is 1.47. The average molecular weight is 449 g/mol. The minimum absolute atomic E-state index is 0.127. The molecular weight excluding hydrogens is 420 g/mol. The molecule has 0 atom stereocenters. The van der Waals surface area contributed by atoms with Gasteiger partial charge in [0.2, 0.25) is 0 Å². The van der Waals surface area contributed by atoms with E-state index in [9.17, 15) is 4.79 Å². The van der Waals surface area contributed by atoms with Gasteiger partial charge in [-0.25, -0.2) is 0 Å². The monoisotopic (exact) mass is 448 g/mol. The van der Waals surface area contributed by atoms with Crippen LogP contribution in [0.15, 0.2) is 59.5 Å². The van der Waals surface area contributed by atoms with Crippen LogP contribution in [0.4, 0.5) is 0 Å². The quantitative estimate of drug-likeness (QED) is 0.536. The molecule has 1 saturated carbocycles. The Hall–Kier alpha value is -2.71. The Balaban J connectivity index is 1.25. The van der Waals surface area contributed by atoms with E-state index in [2.05, 4.69) is 20.4 Å². The third-order valence-corrected chi connectivity index (χ3v) is 7.52. The van der Waals surface area contributed by atoms with Gasteiger partial charge in [0, 0.05) is 37.1 Å². The van der Waals surface area contributed by atoms with E-state index in [4.69, 9.17) is 0 Å². The van der Waals surface area contributed by atoms with Crippen LogP contribution in [0.3, 0.4) is 0 Å². The molecular formula is C24H28N6OS. The summed E-state index contributed by atoms with van der Waals surface area (Å²) in [4.78, 5) is 18.9. The molecule has 1 saturated heterocycles. The zero-order chi connectivity index (χ0) is 21.8. The lowest BCUT2D eigenvalue weighted by Gasteiger charge is -2.38.